The van der Waals surface area contributed by atoms with Crippen LogP contribution in [0.4, 0.5) is 0 Å². The Labute approximate surface area is 114 Å². The van der Waals surface area contributed by atoms with E-state index in [9.17, 15) is 4.79 Å². The van der Waals surface area contributed by atoms with Gasteiger partial charge < -0.3 is 10.1 Å². The molecule has 1 aromatic carbocycles. The second-order valence-electron chi connectivity index (χ2n) is 6.08. The van der Waals surface area contributed by atoms with E-state index in [2.05, 4.69) is 12.2 Å². The van der Waals surface area contributed by atoms with Gasteiger partial charge in [-0.05, 0) is 37.8 Å². The molecule has 0 heterocycles. The van der Waals surface area contributed by atoms with Crippen molar-refractivity contribution in [3.05, 3.63) is 35.9 Å². The van der Waals surface area contributed by atoms with Gasteiger partial charge in [-0.25, -0.2) is 0 Å². The van der Waals surface area contributed by atoms with Gasteiger partial charge in [0.15, 0.2) is 0 Å². The topological polar surface area (TPSA) is 38.3 Å². The van der Waals surface area contributed by atoms with Crippen molar-refractivity contribution in [2.75, 3.05) is 6.54 Å². The lowest BCUT2D eigenvalue weighted by molar-refractivity contribution is -0.206. The van der Waals surface area contributed by atoms with Gasteiger partial charge in [0.1, 0.15) is 6.61 Å². The van der Waals surface area contributed by atoms with Crippen molar-refractivity contribution in [1.29, 1.82) is 0 Å². The molecule has 3 aliphatic rings. The van der Waals surface area contributed by atoms with Crippen LogP contribution in [0.5, 0.6) is 0 Å². The summed E-state index contributed by atoms with van der Waals surface area (Å²) in [6.07, 6.45) is 4.04. The van der Waals surface area contributed by atoms with Crippen molar-refractivity contribution in [1.82, 2.24) is 5.32 Å². The molecule has 0 aliphatic heterocycles. The maximum absolute atomic E-state index is 12.1. The Balaban J connectivity index is 1.47. The van der Waals surface area contributed by atoms with Crippen molar-refractivity contribution in [3.8, 4) is 0 Å². The summed E-state index contributed by atoms with van der Waals surface area (Å²) in [6, 6.07) is 9.87. The number of hydrogen-bond donors (Lipinski definition) is 1. The Kier molecular flexibility index (Phi) is 3.09. The first-order chi connectivity index (χ1) is 9.18. The van der Waals surface area contributed by atoms with Gasteiger partial charge in [0.05, 0.1) is 5.41 Å². The fourth-order valence-corrected chi connectivity index (χ4v) is 3.46. The molecule has 3 fully saturated rings. The van der Waals surface area contributed by atoms with E-state index in [0.29, 0.717) is 6.61 Å². The first-order valence-corrected chi connectivity index (χ1v) is 7.14. The first-order valence-electron chi connectivity index (χ1n) is 7.14. The molecule has 1 aromatic rings. The molecule has 0 spiro atoms. The van der Waals surface area contributed by atoms with E-state index in [1.807, 2.05) is 30.3 Å². The molecule has 3 aliphatic carbocycles. The summed E-state index contributed by atoms with van der Waals surface area (Å²) in [5, 5.41) is 3.56. The summed E-state index contributed by atoms with van der Waals surface area (Å²) in [5.74, 6) is -0.00322. The highest BCUT2D eigenvalue weighted by Crippen LogP contribution is 2.67. The highest BCUT2D eigenvalue weighted by molar-refractivity contribution is 5.82. The molecule has 4 rings (SSSR count). The zero-order valence-electron chi connectivity index (χ0n) is 11.4. The van der Waals surface area contributed by atoms with Crippen LogP contribution in [0.25, 0.3) is 0 Å². The molecule has 0 saturated heterocycles. The number of benzene rings is 1. The number of hydrogen-bond acceptors (Lipinski definition) is 3. The third-order valence-corrected chi connectivity index (χ3v) is 4.43. The van der Waals surface area contributed by atoms with Crippen LogP contribution < -0.4 is 5.32 Å². The third-order valence-electron chi connectivity index (χ3n) is 4.43. The van der Waals surface area contributed by atoms with Crippen molar-refractivity contribution in [2.45, 2.75) is 44.8 Å². The lowest BCUT2D eigenvalue weighted by Crippen LogP contribution is -2.76. The van der Waals surface area contributed by atoms with Gasteiger partial charge in [-0.15, -0.1) is 0 Å². The zero-order valence-corrected chi connectivity index (χ0v) is 11.4. The number of rotatable bonds is 6. The highest BCUT2D eigenvalue weighted by atomic mass is 16.5. The quantitative estimate of drug-likeness (QED) is 0.798. The van der Waals surface area contributed by atoms with Crippen LogP contribution >= 0.6 is 0 Å². The Morgan fingerprint density at radius 1 is 1.26 bits per heavy atom. The van der Waals surface area contributed by atoms with Crippen LogP contribution in [0.15, 0.2) is 30.3 Å². The summed E-state index contributed by atoms with van der Waals surface area (Å²) in [7, 11) is 0. The molecule has 0 radical (unpaired) electrons. The van der Waals surface area contributed by atoms with Crippen LogP contribution in [-0.4, -0.2) is 18.1 Å². The minimum Gasteiger partial charge on any atom is -0.460 e. The molecular formula is C16H21NO2. The number of carbonyl (C=O) groups excluding carboxylic acids is 1. The van der Waals surface area contributed by atoms with Gasteiger partial charge in [-0.2, -0.15) is 0 Å². The molecule has 0 amide bonds. The van der Waals surface area contributed by atoms with Crippen molar-refractivity contribution < 1.29 is 9.53 Å². The van der Waals surface area contributed by atoms with Crippen LogP contribution in [0.3, 0.4) is 0 Å². The predicted octanol–water partition coefficient (Wildman–Crippen LogP) is 2.65. The summed E-state index contributed by atoms with van der Waals surface area (Å²) >= 11 is 0. The first kappa shape index (κ1) is 12.7. The standard InChI is InChI=1S/C16H21NO2/c1-2-8-17-16-10-15(11-16,12-16)14(18)19-9-13-6-4-3-5-7-13/h3-7,17H,2,8-12H2,1H3. The molecule has 19 heavy (non-hydrogen) atoms. The Hall–Kier alpha value is -1.35. The normalized spacial score (nSPS) is 31.2. The average molecular weight is 259 g/mol. The fraction of sp³-hybridized carbons (Fsp3) is 0.562. The van der Waals surface area contributed by atoms with Crippen LogP contribution in [0.1, 0.15) is 38.2 Å². The number of esters is 1. The molecule has 3 saturated carbocycles. The molecule has 1 N–H and O–H groups in total. The van der Waals surface area contributed by atoms with E-state index in [1.54, 1.807) is 0 Å². The van der Waals surface area contributed by atoms with Crippen LogP contribution in [-0.2, 0) is 16.1 Å². The predicted molar refractivity (Wildman–Crippen MR) is 73.5 cm³/mol. The zero-order chi connectivity index (χ0) is 13.3. The van der Waals surface area contributed by atoms with E-state index in [-0.39, 0.29) is 16.9 Å². The van der Waals surface area contributed by atoms with Crippen molar-refractivity contribution in [3.63, 3.8) is 0 Å². The third kappa shape index (κ3) is 2.16. The number of ether oxygens (including phenoxy) is 1. The Morgan fingerprint density at radius 2 is 1.95 bits per heavy atom. The molecule has 102 valence electrons. The minimum atomic E-state index is -0.157. The molecular weight excluding hydrogens is 238 g/mol. The van der Waals surface area contributed by atoms with Crippen LogP contribution in [0, 0.1) is 5.41 Å². The molecule has 3 heteroatoms. The summed E-state index contributed by atoms with van der Waals surface area (Å²) in [6.45, 7) is 3.62. The molecule has 3 nitrogen and oxygen atoms in total. The largest absolute Gasteiger partial charge is 0.460 e. The Morgan fingerprint density at radius 3 is 2.58 bits per heavy atom. The van der Waals surface area contributed by atoms with Gasteiger partial charge >= 0.3 is 5.97 Å². The summed E-state index contributed by atoms with van der Waals surface area (Å²) in [5.41, 5.74) is 1.17. The molecule has 0 aromatic heterocycles. The average Bonchev–Trinajstić information content (AvgIpc) is 2.34. The van der Waals surface area contributed by atoms with Gasteiger partial charge in [0.25, 0.3) is 0 Å². The molecule has 0 atom stereocenters. The van der Waals surface area contributed by atoms with Crippen molar-refractivity contribution in [2.24, 2.45) is 5.41 Å². The van der Waals surface area contributed by atoms with Gasteiger partial charge in [0, 0.05) is 5.54 Å². The molecule has 0 unspecified atom stereocenters. The second-order valence-corrected chi connectivity index (χ2v) is 6.08. The fourth-order valence-electron chi connectivity index (χ4n) is 3.46. The van der Waals surface area contributed by atoms with Gasteiger partial charge in [-0.3, -0.25) is 4.79 Å². The minimum absolute atomic E-state index is 0.00322. The van der Waals surface area contributed by atoms with Gasteiger partial charge in [0.2, 0.25) is 0 Å². The Bertz CT molecular complexity index is 449. The number of carbonyl (C=O) groups is 1. The van der Waals surface area contributed by atoms with Gasteiger partial charge in [-0.1, -0.05) is 37.3 Å². The highest BCUT2D eigenvalue weighted by Gasteiger charge is 2.72. The lowest BCUT2D eigenvalue weighted by Gasteiger charge is -2.68. The summed E-state index contributed by atoms with van der Waals surface area (Å²) in [4.78, 5) is 12.1. The van der Waals surface area contributed by atoms with E-state index in [1.165, 1.54) is 0 Å². The maximum atomic E-state index is 12.1. The monoisotopic (exact) mass is 259 g/mol. The second kappa shape index (κ2) is 4.64. The van der Waals surface area contributed by atoms with E-state index in [4.69, 9.17) is 4.74 Å². The lowest BCUT2D eigenvalue weighted by atomic mass is 9.39. The van der Waals surface area contributed by atoms with E-state index < -0.39 is 0 Å². The summed E-state index contributed by atoms with van der Waals surface area (Å²) < 4.78 is 5.46. The SMILES string of the molecule is CCCNC12CC(C(=O)OCc3ccccc3)(C1)C2. The maximum Gasteiger partial charge on any atom is 0.312 e. The number of nitrogens with one attached hydrogen (secondary N) is 1. The van der Waals surface area contributed by atoms with Crippen LogP contribution in [0.2, 0.25) is 0 Å². The smallest absolute Gasteiger partial charge is 0.312 e. The van der Waals surface area contributed by atoms with E-state index >= 15 is 0 Å². The molecule has 2 bridgehead atoms. The van der Waals surface area contributed by atoms with Crippen molar-refractivity contribution >= 4 is 5.97 Å². The van der Waals surface area contributed by atoms with E-state index in [0.717, 1.165) is 37.8 Å².